The van der Waals surface area contributed by atoms with Crippen molar-refractivity contribution in [2.75, 3.05) is 11.9 Å². The number of hydrogen-bond acceptors (Lipinski definition) is 4. The molecule has 0 spiro atoms. The summed E-state index contributed by atoms with van der Waals surface area (Å²) in [7, 11) is 0. The highest BCUT2D eigenvalue weighted by Gasteiger charge is 2.15. The van der Waals surface area contributed by atoms with Gasteiger partial charge in [-0.05, 0) is 84.5 Å². The number of amides is 1. The van der Waals surface area contributed by atoms with Crippen molar-refractivity contribution in [1.29, 1.82) is 0 Å². The van der Waals surface area contributed by atoms with Crippen molar-refractivity contribution in [3.8, 4) is 16.9 Å². The SMILES string of the molecule is Cc1cc(NC(=O)c2ccc(OCC(C)C)cc2)c(-c2ccc3[nH]ncc3c2)cc1CCC(=O)O. The lowest BCUT2D eigenvalue weighted by molar-refractivity contribution is -0.136. The van der Waals surface area contributed by atoms with Gasteiger partial charge >= 0.3 is 5.97 Å². The summed E-state index contributed by atoms with van der Waals surface area (Å²) in [5.41, 5.74) is 5.68. The normalized spacial score (nSPS) is 11.1. The standard InChI is InChI=1S/C28H29N3O4/c1-17(2)16-35-23-8-4-19(5-9-23)28(34)30-26-12-18(3)20(7-11-27(32)33)14-24(26)21-6-10-25-22(13-21)15-29-31-25/h4-6,8-10,12-15,17H,7,11,16H2,1-3H3,(H,29,31)(H,30,34)(H,32,33). The summed E-state index contributed by atoms with van der Waals surface area (Å²) in [6.45, 7) is 6.71. The van der Waals surface area contributed by atoms with Gasteiger partial charge in [0, 0.05) is 28.6 Å². The third kappa shape index (κ3) is 5.87. The molecular weight excluding hydrogens is 442 g/mol. The summed E-state index contributed by atoms with van der Waals surface area (Å²) in [4.78, 5) is 24.3. The van der Waals surface area contributed by atoms with Crippen LogP contribution in [0.5, 0.6) is 5.75 Å². The third-order valence-corrected chi connectivity index (χ3v) is 5.78. The van der Waals surface area contributed by atoms with E-state index in [-0.39, 0.29) is 12.3 Å². The molecular formula is C28H29N3O4. The zero-order chi connectivity index (χ0) is 24.9. The lowest BCUT2D eigenvalue weighted by Crippen LogP contribution is -2.13. The summed E-state index contributed by atoms with van der Waals surface area (Å²) in [5, 5.41) is 20.2. The molecule has 180 valence electrons. The van der Waals surface area contributed by atoms with Crippen LogP contribution >= 0.6 is 0 Å². The number of fused-ring (bicyclic) bond motifs is 1. The molecule has 0 bridgehead atoms. The number of carbonyl (C=O) groups excluding carboxylic acids is 1. The molecule has 4 rings (SSSR count). The number of carboxylic acids is 1. The second-order valence-corrected chi connectivity index (χ2v) is 9.07. The molecule has 7 nitrogen and oxygen atoms in total. The highest BCUT2D eigenvalue weighted by Crippen LogP contribution is 2.33. The number of anilines is 1. The number of rotatable bonds is 9. The van der Waals surface area contributed by atoms with Gasteiger partial charge < -0.3 is 15.2 Å². The second kappa shape index (κ2) is 10.4. The van der Waals surface area contributed by atoms with Crippen LogP contribution in [0.4, 0.5) is 5.69 Å². The molecule has 7 heteroatoms. The second-order valence-electron chi connectivity index (χ2n) is 9.07. The molecule has 1 amide bonds. The Balaban J connectivity index is 1.65. The number of aryl methyl sites for hydroxylation is 2. The fourth-order valence-electron chi connectivity index (χ4n) is 3.88. The zero-order valence-corrected chi connectivity index (χ0v) is 20.1. The Labute approximate surface area is 204 Å². The van der Waals surface area contributed by atoms with Gasteiger partial charge in [0.05, 0.1) is 18.3 Å². The van der Waals surface area contributed by atoms with E-state index in [1.165, 1.54) is 0 Å². The van der Waals surface area contributed by atoms with Crippen LogP contribution in [0.1, 0.15) is 41.8 Å². The first-order valence-corrected chi connectivity index (χ1v) is 11.6. The first-order valence-electron chi connectivity index (χ1n) is 11.6. The van der Waals surface area contributed by atoms with Gasteiger partial charge in [-0.2, -0.15) is 5.10 Å². The zero-order valence-electron chi connectivity index (χ0n) is 20.1. The van der Waals surface area contributed by atoms with Gasteiger partial charge in [-0.1, -0.05) is 19.9 Å². The number of H-pyrrole nitrogens is 1. The Hall–Kier alpha value is -4.13. The quantitative estimate of drug-likeness (QED) is 0.284. The minimum atomic E-state index is -0.844. The Morgan fingerprint density at radius 2 is 1.86 bits per heavy atom. The van der Waals surface area contributed by atoms with Crippen LogP contribution in [-0.2, 0) is 11.2 Å². The van der Waals surface area contributed by atoms with E-state index in [4.69, 9.17) is 9.84 Å². The first kappa shape index (κ1) is 24.0. The Kier molecular flexibility index (Phi) is 7.15. The van der Waals surface area contributed by atoms with Crippen LogP contribution in [-0.4, -0.2) is 33.8 Å². The maximum Gasteiger partial charge on any atom is 0.303 e. The van der Waals surface area contributed by atoms with Crippen molar-refractivity contribution in [2.24, 2.45) is 5.92 Å². The summed E-state index contributed by atoms with van der Waals surface area (Å²) < 4.78 is 5.71. The largest absolute Gasteiger partial charge is 0.493 e. The number of benzene rings is 3. The molecule has 0 saturated heterocycles. The van der Waals surface area contributed by atoms with Crippen molar-refractivity contribution < 1.29 is 19.4 Å². The molecule has 0 atom stereocenters. The predicted octanol–water partition coefficient (Wildman–Crippen LogP) is 5.84. The summed E-state index contributed by atoms with van der Waals surface area (Å²) in [6, 6.07) is 16.9. The van der Waals surface area contributed by atoms with Gasteiger partial charge in [-0.15, -0.1) is 0 Å². The minimum absolute atomic E-state index is 0.0397. The molecule has 3 N–H and O–H groups in total. The molecule has 0 aliphatic heterocycles. The van der Waals surface area contributed by atoms with E-state index < -0.39 is 5.97 Å². The molecule has 4 aromatic rings. The van der Waals surface area contributed by atoms with Crippen LogP contribution in [0, 0.1) is 12.8 Å². The predicted molar refractivity (Wildman–Crippen MR) is 137 cm³/mol. The van der Waals surface area contributed by atoms with Crippen LogP contribution in [0.25, 0.3) is 22.0 Å². The third-order valence-electron chi connectivity index (χ3n) is 5.78. The maximum absolute atomic E-state index is 13.1. The van der Waals surface area contributed by atoms with E-state index in [1.54, 1.807) is 30.5 Å². The molecule has 0 saturated carbocycles. The average Bonchev–Trinajstić information content (AvgIpc) is 3.30. The summed E-state index contributed by atoms with van der Waals surface area (Å²) in [5.74, 6) is 0.0649. The molecule has 0 unspecified atom stereocenters. The molecule has 0 aliphatic rings. The number of nitrogens with one attached hydrogen (secondary N) is 2. The molecule has 35 heavy (non-hydrogen) atoms. The molecule has 0 fully saturated rings. The average molecular weight is 472 g/mol. The molecule has 3 aromatic carbocycles. The highest BCUT2D eigenvalue weighted by atomic mass is 16.5. The van der Waals surface area contributed by atoms with E-state index in [0.717, 1.165) is 38.9 Å². The van der Waals surface area contributed by atoms with Gasteiger partial charge in [0.15, 0.2) is 0 Å². The van der Waals surface area contributed by atoms with E-state index in [0.29, 0.717) is 30.2 Å². The number of aromatic amines is 1. The number of carboxylic acid groups (broad SMARTS) is 1. The topological polar surface area (TPSA) is 104 Å². The van der Waals surface area contributed by atoms with Crippen LogP contribution in [0.15, 0.2) is 60.8 Å². The number of ether oxygens (including phenoxy) is 1. The van der Waals surface area contributed by atoms with Gasteiger partial charge in [0.25, 0.3) is 5.91 Å². The number of hydrogen-bond donors (Lipinski definition) is 3. The van der Waals surface area contributed by atoms with E-state index in [9.17, 15) is 9.59 Å². The number of nitrogens with zero attached hydrogens (tertiary/aromatic N) is 1. The summed E-state index contributed by atoms with van der Waals surface area (Å²) in [6.07, 6.45) is 2.20. The Morgan fingerprint density at radius 1 is 1.09 bits per heavy atom. The van der Waals surface area contributed by atoms with Crippen molar-refractivity contribution in [3.63, 3.8) is 0 Å². The number of carbonyl (C=O) groups is 2. The van der Waals surface area contributed by atoms with Gasteiger partial charge in [-0.3, -0.25) is 14.7 Å². The molecule has 0 radical (unpaired) electrons. The highest BCUT2D eigenvalue weighted by molar-refractivity contribution is 6.06. The monoisotopic (exact) mass is 471 g/mol. The fourth-order valence-corrected chi connectivity index (χ4v) is 3.88. The lowest BCUT2D eigenvalue weighted by atomic mass is 9.94. The summed E-state index contributed by atoms with van der Waals surface area (Å²) >= 11 is 0. The van der Waals surface area contributed by atoms with Crippen LogP contribution < -0.4 is 10.1 Å². The fraction of sp³-hybridized carbons (Fsp3) is 0.250. The molecule has 0 aliphatic carbocycles. The number of aliphatic carboxylic acids is 1. The van der Waals surface area contributed by atoms with Crippen LogP contribution in [0.2, 0.25) is 0 Å². The van der Waals surface area contributed by atoms with Gasteiger partial charge in [0.1, 0.15) is 5.75 Å². The van der Waals surface area contributed by atoms with Gasteiger partial charge in [0.2, 0.25) is 0 Å². The molecule has 1 heterocycles. The lowest BCUT2D eigenvalue weighted by Gasteiger charge is -2.16. The molecule has 1 aromatic heterocycles. The Morgan fingerprint density at radius 3 is 2.57 bits per heavy atom. The number of aromatic nitrogens is 2. The minimum Gasteiger partial charge on any atom is -0.493 e. The van der Waals surface area contributed by atoms with E-state index >= 15 is 0 Å². The first-order chi connectivity index (χ1) is 16.8. The van der Waals surface area contributed by atoms with E-state index in [1.807, 2.05) is 37.3 Å². The Bertz CT molecular complexity index is 1360. The van der Waals surface area contributed by atoms with Crippen molar-refractivity contribution in [3.05, 3.63) is 77.5 Å². The van der Waals surface area contributed by atoms with Crippen molar-refractivity contribution in [2.45, 2.75) is 33.6 Å². The smallest absolute Gasteiger partial charge is 0.303 e. The van der Waals surface area contributed by atoms with Crippen molar-refractivity contribution in [1.82, 2.24) is 10.2 Å². The van der Waals surface area contributed by atoms with E-state index in [2.05, 4.69) is 29.4 Å². The van der Waals surface area contributed by atoms with Crippen LogP contribution in [0.3, 0.4) is 0 Å². The maximum atomic E-state index is 13.1. The van der Waals surface area contributed by atoms with Gasteiger partial charge in [-0.25, -0.2) is 0 Å². The van der Waals surface area contributed by atoms with Crippen molar-refractivity contribution >= 4 is 28.5 Å².